The zero-order valence-corrected chi connectivity index (χ0v) is 16.8. The van der Waals surface area contributed by atoms with E-state index in [1.54, 1.807) is 36.4 Å². The van der Waals surface area contributed by atoms with E-state index < -0.39 is 7.80 Å². The highest BCUT2D eigenvalue weighted by atomic mass is 31.1. The van der Waals surface area contributed by atoms with Gasteiger partial charge in [-0.15, -0.1) is 0 Å². The SMILES string of the molecule is CCC(C)[PH](=O)c1ccccc1C(=O)c1c(OC)cc(OC)cc1OC. The number of methoxy groups -OCH3 is 3. The molecule has 0 saturated carbocycles. The lowest BCUT2D eigenvalue weighted by atomic mass is 10.0. The molecule has 2 unspecified atom stereocenters. The number of ketones is 1. The van der Waals surface area contributed by atoms with E-state index >= 15 is 0 Å². The van der Waals surface area contributed by atoms with Gasteiger partial charge in [0, 0.05) is 28.7 Å². The Morgan fingerprint density at radius 1 is 1.04 bits per heavy atom. The van der Waals surface area contributed by atoms with Crippen LogP contribution >= 0.6 is 7.80 Å². The molecule has 0 aliphatic rings. The van der Waals surface area contributed by atoms with Gasteiger partial charge in [0.15, 0.2) is 0 Å². The number of carbonyl (C=O) groups is 1. The number of hydrogen-bond donors (Lipinski definition) is 0. The molecular weight excluding hydrogens is 351 g/mol. The van der Waals surface area contributed by atoms with Gasteiger partial charge in [-0.25, -0.2) is 0 Å². The van der Waals surface area contributed by atoms with Crippen molar-refractivity contribution >= 4 is 18.9 Å². The molecule has 0 fully saturated rings. The minimum absolute atomic E-state index is 0.0219. The highest BCUT2D eigenvalue weighted by Crippen LogP contribution is 2.37. The first-order valence-electron chi connectivity index (χ1n) is 8.46. The van der Waals surface area contributed by atoms with Crippen LogP contribution in [0.4, 0.5) is 0 Å². The van der Waals surface area contributed by atoms with Crippen LogP contribution in [0.1, 0.15) is 36.2 Å². The fraction of sp³-hybridized carbons (Fsp3) is 0.350. The number of ether oxygens (including phenoxy) is 3. The quantitative estimate of drug-likeness (QED) is 0.516. The van der Waals surface area contributed by atoms with E-state index in [1.165, 1.54) is 21.3 Å². The molecule has 2 aromatic carbocycles. The first-order chi connectivity index (χ1) is 12.5. The summed E-state index contributed by atoms with van der Waals surface area (Å²) in [5.41, 5.74) is 0.731. The maximum atomic E-state index is 13.3. The number of hydrogen-bond acceptors (Lipinski definition) is 5. The Balaban J connectivity index is 2.63. The molecule has 5 nitrogen and oxygen atoms in total. The minimum atomic E-state index is -2.11. The Hall–Kier alpha value is -2.26. The first-order valence-corrected chi connectivity index (χ1v) is 9.94. The van der Waals surface area contributed by atoms with E-state index in [-0.39, 0.29) is 11.4 Å². The molecule has 0 radical (unpaired) electrons. The van der Waals surface area contributed by atoms with Crippen molar-refractivity contribution in [3.05, 3.63) is 47.5 Å². The van der Waals surface area contributed by atoms with Crippen LogP contribution < -0.4 is 19.5 Å². The van der Waals surface area contributed by atoms with Crippen molar-refractivity contribution in [2.75, 3.05) is 21.3 Å². The van der Waals surface area contributed by atoms with E-state index in [2.05, 4.69) is 0 Å². The third kappa shape index (κ3) is 3.94. The summed E-state index contributed by atoms with van der Waals surface area (Å²) in [4.78, 5) is 13.3. The Morgan fingerprint density at radius 2 is 1.62 bits per heavy atom. The lowest BCUT2D eigenvalue weighted by Gasteiger charge is -2.17. The third-order valence-corrected chi connectivity index (χ3v) is 6.71. The molecule has 2 atom stereocenters. The van der Waals surface area contributed by atoms with Crippen LogP contribution in [-0.4, -0.2) is 32.8 Å². The smallest absolute Gasteiger partial charge is 0.201 e. The van der Waals surface area contributed by atoms with E-state index in [0.717, 1.165) is 6.42 Å². The molecule has 140 valence electrons. The Morgan fingerprint density at radius 3 is 2.12 bits per heavy atom. The van der Waals surface area contributed by atoms with Gasteiger partial charge in [0.05, 0.1) is 21.3 Å². The van der Waals surface area contributed by atoms with Crippen molar-refractivity contribution in [2.24, 2.45) is 0 Å². The lowest BCUT2D eigenvalue weighted by Crippen LogP contribution is -2.17. The van der Waals surface area contributed by atoms with Gasteiger partial charge in [0.2, 0.25) is 5.78 Å². The summed E-state index contributed by atoms with van der Waals surface area (Å²) in [5, 5.41) is 0.594. The number of rotatable bonds is 8. The van der Waals surface area contributed by atoms with Crippen molar-refractivity contribution in [1.29, 1.82) is 0 Å². The maximum Gasteiger partial charge on any atom is 0.201 e. The molecule has 2 rings (SSSR count). The summed E-state index contributed by atoms with van der Waals surface area (Å²) in [6.07, 6.45) is 0.787. The van der Waals surface area contributed by atoms with Crippen molar-refractivity contribution in [3.63, 3.8) is 0 Å². The van der Waals surface area contributed by atoms with E-state index in [4.69, 9.17) is 14.2 Å². The highest BCUT2D eigenvalue weighted by Gasteiger charge is 2.25. The molecule has 6 heteroatoms. The fourth-order valence-corrected chi connectivity index (χ4v) is 4.34. The van der Waals surface area contributed by atoms with Gasteiger partial charge in [-0.05, 0) is 6.42 Å². The zero-order chi connectivity index (χ0) is 19.3. The molecule has 0 amide bonds. The average molecular weight is 376 g/mol. The summed E-state index contributed by atoms with van der Waals surface area (Å²) >= 11 is 0. The molecule has 0 aromatic heterocycles. The number of benzene rings is 2. The van der Waals surface area contributed by atoms with Crippen LogP contribution in [0.5, 0.6) is 17.2 Å². The van der Waals surface area contributed by atoms with Crippen molar-refractivity contribution in [1.82, 2.24) is 0 Å². The molecule has 26 heavy (non-hydrogen) atoms. The summed E-state index contributed by atoms with van der Waals surface area (Å²) in [6.45, 7) is 3.93. The van der Waals surface area contributed by atoms with Gasteiger partial charge in [0.1, 0.15) is 30.6 Å². The summed E-state index contributed by atoms with van der Waals surface area (Å²) < 4.78 is 28.9. The minimum Gasteiger partial charge on any atom is -0.496 e. The Kier molecular flexibility index (Phi) is 6.87. The topological polar surface area (TPSA) is 61.8 Å². The second-order valence-electron chi connectivity index (χ2n) is 5.96. The summed E-state index contributed by atoms with van der Waals surface area (Å²) in [6, 6.07) is 10.3. The van der Waals surface area contributed by atoms with Gasteiger partial charge >= 0.3 is 0 Å². The predicted octanol–water partition coefficient (Wildman–Crippen LogP) is 3.93. The Bertz CT molecular complexity index is 791. The standard InChI is InChI=1S/C20H25O5P/c1-6-13(2)26(22)18-10-8-7-9-15(18)20(21)19-16(24-4)11-14(23-3)12-17(19)25-5/h7-13,26H,6H2,1-5H3. The summed E-state index contributed by atoms with van der Waals surface area (Å²) in [5.74, 6) is 0.948. The second kappa shape index (κ2) is 8.91. The molecule has 0 saturated heterocycles. The molecule has 0 aliphatic heterocycles. The molecular formula is C20H25O5P. The monoisotopic (exact) mass is 376 g/mol. The van der Waals surface area contributed by atoms with Crippen molar-refractivity contribution < 1.29 is 23.6 Å². The van der Waals surface area contributed by atoms with Crippen molar-refractivity contribution in [3.8, 4) is 17.2 Å². The van der Waals surface area contributed by atoms with E-state index in [1.807, 2.05) is 13.8 Å². The van der Waals surface area contributed by atoms with Crippen LogP contribution in [-0.2, 0) is 4.57 Å². The molecule has 0 bridgehead atoms. The fourth-order valence-electron chi connectivity index (χ4n) is 2.71. The predicted molar refractivity (Wildman–Crippen MR) is 104 cm³/mol. The van der Waals surface area contributed by atoms with Crippen LogP contribution in [0.2, 0.25) is 0 Å². The van der Waals surface area contributed by atoms with Gasteiger partial charge in [-0.2, -0.15) is 0 Å². The Labute approximate surface area is 155 Å². The third-order valence-electron chi connectivity index (χ3n) is 4.44. The molecule has 0 spiro atoms. The normalized spacial score (nSPS) is 13.0. The molecule has 0 aliphatic carbocycles. The average Bonchev–Trinajstić information content (AvgIpc) is 2.70. The van der Waals surface area contributed by atoms with Crippen LogP contribution in [0.25, 0.3) is 0 Å². The lowest BCUT2D eigenvalue weighted by molar-refractivity contribution is 0.103. The highest BCUT2D eigenvalue weighted by molar-refractivity contribution is 7.54. The van der Waals surface area contributed by atoms with Gasteiger partial charge in [-0.3, -0.25) is 4.79 Å². The van der Waals surface area contributed by atoms with Gasteiger partial charge < -0.3 is 18.8 Å². The van der Waals surface area contributed by atoms with Crippen LogP contribution in [0.3, 0.4) is 0 Å². The van der Waals surface area contributed by atoms with Gasteiger partial charge in [0.25, 0.3) is 0 Å². The van der Waals surface area contributed by atoms with Crippen molar-refractivity contribution in [2.45, 2.75) is 25.9 Å². The van der Waals surface area contributed by atoms with Crippen LogP contribution in [0, 0.1) is 0 Å². The first kappa shape index (κ1) is 20.1. The van der Waals surface area contributed by atoms with Crippen LogP contribution in [0.15, 0.2) is 36.4 Å². The number of carbonyl (C=O) groups excluding carboxylic acids is 1. The summed E-state index contributed by atoms with van der Waals surface area (Å²) in [7, 11) is 2.40. The second-order valence-corrected chi connectivity index (χ2v) is 8.21. The maximum absolute atomic E-state index is 13.3. The zero-order valence-electron chi connectivity index (χ0n) is 15.8. The van der Waals surface area contributed by atoms with E-state index in [0.29, 0.717) is 33.7 Å². The van der Waals surface area contributed by atoms with Gasteiger partial charge in [-0.1, -0.05) is 38.1 Å². The molecule has 2 aromatic rings. The largest absolute Gasteiger partial charge is 0.496 e. The molecule has 0 N–H and O–H groups in total. The molecule has 0 heterocycles. The van der Waals surface area contributed by atoms with E-state index in [9.17, 15) is 9.36 Å².